The second-order valence-electron chi connectivity index (χ2n) is 6.41. The molecule has 0 aromatic carbocycles. The zero-order valence-corrected chi connectivity index (χ0v) is 12.2. The van der Waals surface area contributed by atoms with Crippen LogP contribution in [0.1, 0.15) is 45.6 Å². The normalized spacial score (nSPS) is 21.8. The van der Waals surface area contributed by atoms with Gasteiger partial charge in [0.1, 0.15) is 5.82 Å². The summed E-state index contributed by atoms with van der Waals surface area (Å²) in [6.45, 7) is 4.73. The fraction of sp³-hybridized carbons (Fsp3) is 0.500. The first kappa shape index (κ1) is 13.2. The van der Waals surface area contributed by atoms with Crippen molar-refractivity contribution in [2.24, 2.45) is 5.41 Å². The van der Waals surface area contributed by atoms with E-state index in [9.17, 15) is 0 Å². The van der Waals surface area contributed by atoms with E-state index in [1.54, 1.807) is 0 Å². The van der Waals surface area contributed by atoms with Gasteiger partial charge in [-0.2, -0.15) is 0 Å². The zero-order valence-electron chi connectivity index (χ0n) is 12.2. The monoisotopic (exact) mass is 270 g/mol. The standard InChI is InChI=1S/C16H22N4/c1-16(2)8-4-3-5-14(16)20-11-18-10-13(20)12-6-7-15(17)19-9-12/h6-7,9-11,14H,3-5,8H2,1-2H3,(H2,17,19). The first-order valence-corrected chi connectivity index (χ1v) is 7.32. The van der Waals surface area contributed by atoms with Gasteiger partial charge in [-0.25, -0.2) is 9.97 Å². The van der Waals surface area contributed by atoms with E-state index in [1.807, 2.05) is 30.9 Å². The molecule has 1 saturated carbocycles. The molecular formula is C16H22N4. The van der Waals surface area contributed by atoms with Crippen molar-refractivity contribution in [1.82, 2.24) is 14.5 Å². The van der Waals surface area contributed by atoms with E-state index in [0.717, 1.165) is 11.3 Å². The lowest BCUT2D eigenvalue weighted by atomic mass is 9.73. The maximum Gasteiger partial charge on any atom is 0.123 e. The fourth-order valence-electron chi connectivity index (χ4n) is 3.32. The minimum absolute atomic E-state index is 0.314. The number of imidazole rings is 1. The number of hydrogen-bond acceptors (Lipinski definition) is 3. The molecule has 3 rings (SSSR count). The maximum atomic E-state index is 5.67. The van der Waals surface area contributed by atoms with Crippen LogP contribution in [0.25, 0.3) is 11.3 Å². The number of anilines is 1. The lowest BCUT2D eigenvalue weighted by Gasteiger charge is -2.40. The van der Waals surface area contributed by atoms with Crippen LogP contribution >= 0.6 is 0 Å². The van der Waals surface area contributed by atoms with Gasteiger partial charge >= 0.3 is 0 Å². The summed E-state index contributed by atoms with van der Waals surface area (Å²) in [6.07, 6.45) is 10.8. The molecular weight excluding hydrogens is 248 g/mol. The quantitative estimate of drug-likeness (QED) is 0.905. The second kappa shape index (κ2) is 4.93. The zero-order chi connectivity index (χ0) is 14.2. The Balaban J connectivity index is 1.99. The van der Waals surface area contributed by atoms with E-state index in [0.29, 0.717) is 17.3 Å². The Hall–Kier alpha value is -1.84. The molecule has 1 unspecified atom stereocenters. The number of hydrogen-bond donors (Lipinski definition) is 1. The average molecular weight is 270 g/mol. The Morgan fingerprint density at radius 2 is 2.10 bits per heavy atom. The van der Waals surface area contributed by atoms with Gasteiger partial charge in [-0.05, 0) is 30.4 Å². The van der Waals surface area contributed by atoms with Gasteiger partial charge in [0.2, 0.25) is 0 Å². The molecule has 2 aromatic heterocycles. The summed E-state index contributed by atoms with van der Waals surface area (Å²) in [6, 6.07) is 4.37. The SMILES string of the molecule is CC1(C)CCCCC1n1cncc1-c1ccc(N)nc1. The molecule has 4 heteroatoms. The smallest absolute Gasteiger partial charge is 0.123 e. The molecule has 1 atom stereocenters. The Bertz CT molecular complexity index is 583. The fourth-order valence-corrected chi connectivity index (χ4v) is 3.32. The third kappa shape index (κ3) is 2.30. The number of nitrogen functional groups attached to an aromatic ring is 1. The van der Waals surface area contributed by atoms with Crippen molar-refractivity contribution in [1.29, 1.82) is 0 Å². The van der Waals surface area contributed by atoms with E-state index in [4.69, 9.17) is 5.73 Å². The Labute approximate surface area is 120 Å². The molecule has 2 heterocycles. The molecule has 2 aromatic rings. The highest BCUT2D eigenvalue weighted by Gasteiger charge is 2.34. The first-order valence-electron chi connectivity index (χ1n) is 7.32. The summed E-state index contributed by atoms with van der Waals surface area (Å²) in [5.74, 6) is 0.554. The van der Waals surface area contributed by atoms with Crippen molar-refractivity contribution >= 4 is 5.82 Å². The van der Waals surface area contributed by atoms with Crippen LogP contribution in [0.4, 0.5) is 5.82 Å². The molecule has 0 aliphatic heterocycles. The van der Waals surface area contributed by atoms with Gasteiger partial charge in [-0.15, -0.1) is 0 Å². The molecule has 106 valence electrons. The summed E-state index contributed by atoms with van der Waals surface area (Å²) in [5, 5.41) is 0. The molecule has 1 aliphatic carbocycles. The van der Waals surface area contributed by atoms with Crippen molar-refractivity contribution in [3.05, 3.63) is 30.9 Å². The lowest BCUT2D eigenvalue weighted by molar-refractivity contribution is 0.145. The number of nitrogens with two attached hydrogens (primary N) is 1. The molecule has 4 nitrogen and oxygen atoms in total. The Kier molecular flexibility index (Phi) is 3.24. The molecule has 2 N–H and O–H groups in total. The minimum atomic E-state index is 0.314. The topological polar surface area (TPSA) is 56.7 Å². The largest absolute Gasteiger partial charge is 0.384 e. The van der Waals surface area contributed by atoms with Crippen molar-refractivity contribution in [2.75, 3.05) is 5.73 Å². The van der Waals surface area contributed by atoms with Crippen LogP contribution in [-0.4, -0.2) is 14.5 Å². The summed E-state index contributed by atoms with van der Waals surface area (Å²) < 4.78 is 2.33. The molecule has 1 fully saturated rings. The van der Waals surface area contributed by atoms with E-state index in [2.05, 4.69) is 28.4 Å². The second-order valence-corrected chi connectivity index (χ2v) is 6.41. The minimum Gasteiger partial charge on any atom is -0.384 e. The number of pyridine rings is 1. The van der Waals surface area contributed by atoms with Crippen LogP contribution in [-0.2, 0) is 0 Å². The van der Waals surface area contributed by atoms with Gasteiger partial charge < -0.3 is 10.3 Å². The van der Waals surface area contributed by atoms with Crippen LogP contribution in [0.5, 0.6) is 0 Å². The third-order valence-corrected chi connectivity index (χ3v) is 4.53. The van der Waals surface area contributed by atoms with E-state index in [-0.39, 0.29) is 0 Å². The molecule has 0 saturated heterocycles. The summed E-state index contributed by atoms with van der Waals surface area (Å²) in [5.41, 5.74) is 8.20. The van der Waals surface area contributed by atoms with Gasteiger partial charge in [0, 0.05) is 17.8 Å². The van der Waals surface area contributed by atoms with Crippen LogP contribution in [0.2, 0.25) is 0 Å². The Morgan fingerprint density at radius 1 is 1.25 bits per heavy atom. The number of rotatable bonds is 2. The summed E-state index contributed by atoms with van der Waals surface area (Å²) >= 11 is 0. The summed E-state index contributed by atoms with van der Waals surface area (Å²) in [7, 11) is 0. The molecule has 0 spiro atoms. The highest BCUT2D eigenvalue weighted by atomic mass is 15.1. The van der Waals surface area contributed by atoms with E-state index < -0.39 is 0 Å². The number of aromatic nitrogens is 3. The first-order chi connectivity index (χ1) is 9.58. The van der Waals surface area contributed by atoms with Crippen LogP contribution in [0.15, 0.2) is 30.9 Å². The third-order valence-electron chi connectivity index (χ3n) is 4.53. The highest BCUT2D eigenvalue weighted by molar-refractivity contribution is 5.59. The van der Waals surface area contributed by atoms with Gasteiger partial charge in [0.15, 0.2) is 0 Å². The number of nitrogens with zero attached hydrogens (tertiary/aromatic N) is 3. The lowest BCUT2D eigenvalue weighted by Crippen LogP contribution is -2.30. The molecule has 1 aliphatic rings. The van der Waals surface area contributed by atoms with Crippen molar-refractivity contribution in [3.63, 3.8) is 0 Å². The van der Waals surface area contributed by atoms with Crippen LogP contribution in [0.3, 0.4) is 0 Å². The predicted molar refractivity (Wildman–Crippen MR) is 81.2 cm³/mol. The van der Waals surface area contributed by atoms with Crippen molar-refractivity contribution in [2.45, 2.75) is 45.6 Å². The molecule has 0 radical (unpaired) electrons. The van der Waals surface area contributed by atoms with Crippen LogP contribution in [0, 0.1) is 5.41 Å². The molecule has 0 bridgehead atoms. The Morgan fingerprint density at radius 3 is 2.80 bits per heavy atom. The van der Waals surface area contributed by atoms with E-state index in [1.165, 1.54) is 25.7 Å². The van der Waals surface area contributed by atoms with Gasteiger partial charge in [0.25, 0.3) is 0 Å². The van der Waals surface area contributed by atoms with Gasteiger partial charge in [-0.3, -0.25) is 0 Å². The molecule has 20 heavy (non-hydrogen) atoms. The van der Waals surface area contributed by atoms with Gasteiger partial charge in [0.05, 0.1) is 18.2 Å². The highest BCUT2D eigenvalue weighted by Crippen LogP contribution is 2.45. The van der Waals surface area contributed by atoms with E-state index >= 15 is 0 Å². The van der Waals surface area contributed by atoms with Crippen molar-refractivity contribution in [3.8, 4) is 11.3 Å². The van der Waals surface area contributed by atoms with Gasteiger partial charge in [-0.1, -0.05) is 26.7 Å². The predicted octanol–water partition coefficient (Wildman–Crippen LogP) is 3.67. The maximum absolute atomic E-state index is 5.67. The van der Waals surface area contributed by atoms with Crippen LogP contribution < -0.4 is 5.73 Å². The summed E-state index contributed by atoms with van der Waals surface area (Å²) in [4.78, 5) is 8.56. The molecule has 0 amide bonds. The average Bonchev–Trinajstić information content (AvgIpc) is 2.88. The van der Waals surface area contributed by atoms with Crippen molar-refractivity contribution < 1.29 is 0 Å².